The van der Waals surface area contributed by atoms with Gasteiger partial charge < -0.3 is 14.4 Å². The number of nitrogens with zero attached hydrogens (tertiary/aromatic N) is 1. The first kappa shape index (κ1) is 39.5. The van der Waals surface area contributed by atoms with Crippen LogP contribution in [0.3, 0.4) is 0 Å². The summed E-state index contributed by atoms with van der Waals surface area (Å²) in [6, 6.07) is 23.5. The van der Waals surface area contributed by atoms with Gasteiger partial charge in [0.2, 0.25) is 0 Å². The fraction of sp³-hybridized carbons (Fsp3) is 0.364. The second-order valence-corrected chi connectivity index (χ2v) is 16.4. The fourth-order valence-electron chi connectivity index (χ4n) is 7.59. The van der Waals surface area contributed by atoms with Crippen LogP contribution in [0.4, 0.5) is 5.69 Å². The van der Waals surface area contributed by atoms with E-state index in [0.717, 1.165) is 42.8 Å². The Bertz CT molecular complexity index is 2030. The van der Waals surface area contributed by atoms with Gasteiger partial charge in [-0.25, -0.2) is 0 Å². The maximum atomic E-state index is 10.5. The van der Waals surface area contributed by atoms with Crippen LogP contribution in [0.15, 0.2) is 129 Å². The van der Waals surface area contributed by atoms with Crippen molar-refractivity contribution in [2.75, 3.05) is 38.9 Å². The second-order valence-electron chi connectivity index (χ2n) is 14.7. The van der Waals surface area contributed by atoms with E-state index in [9.17, 15) is 8.42 Å². The molecule has 3 aromatic rings. The number of hydrogen-bond acceptors (Lipinski definition) is 5. The predicted molar refractivity (Wildman–Crippen MR) is 215 cm³/mol. The van der Waals surface area contributed by atoms with Gasteiger partial charge in [0.25, 0.3) is 10.1 Å². The number of methoxy groups -OCH3 is 2. The third-order valence-electron chi connectivity index (χ3n) is 10.5. The first-order valence-corrected chi connectivity index (χ1v) is 19.7. The molecule has 0 radical (unpaired) electrons. The molecule has 1 heterocycles. The lowest BCUT2D eigenvalue weighted by Gasteiger charge is -2.27. The number of fused-ring (bicyclic) bond motifs is 2. The number of para-hydroxylation sites is 1. The number of aryl methyl sites for hydroxylation is 1. The van der Waals surface area contributed by atoms with Crippen molar-refractivity contribution in [3.63, 3.8) is 0 Å². The SMILES string of the molecule is COCCC1=C(/C=C/C2=C(Cl)C(=C/C=C3/N(CCOC)c4ccccc4C3(C)C)CCC2)C(C)(C)c2ccccc21.Cc1ccc(S(=O)(=O)O)cc1. The van der Waals surface area contributed by atoms with Crippen molar-refractivity contribution < 1.29 is 22.4 Å². The minimum Gasteiger partial charge on any atom is -0.384 e. The third-order valence-corrected chi connectivity index (χ3v) is 11.8. The van der Waals surface area contributed by atoms with E-state index in [1.54, 1.807) is 26.4 Å². The molecule has 0 aromatic heterocycles. The average Bonchev–Trinajstić information content (AvgIpc) is 3.47. The minimum absolute atomic E-state index is 0.0598. The van der Waals surface area contributed by atoms with Crippen LogP contribution in [-0.4, -0.2) is 46.9 Å². The summed E-state index contributed by atoms with van der Waals surface area (Å²) in [6.07, 6.45) is 13.1. The molecule has 8 heteroatoms. The van der Waals surface area contributed by atoms with Crippen LogP contribution in [0.1, 0.15) is 75.6 Å². The first-order chi connectivity index (χ1) is 24.7. The van der Waals surface area contributed by atoms with E-state index in [-0.39, 0.29) is 15.7 Å². The molecule has 0 atom stereocenters. The van der Waals surface area contributed by atoms with Gasteiger partial charge in [0.05, 0.1) is 18.1 Å². The summed E-state index contributed by atoms with van der Waals surface area (Å²) in [7, 11) is -0.476. The molecule has 1 aliphatic heterocycles. The van der Waals surface area contributed by atoms with E-state index < -0.39 is 10.1 Å². The van der Waals surface area contributed by atoms with Crippen molar-refractivity contribution in [3.05, 3.63) is 147 Å². The molecule has 3 aromatic carbocycles. The highest BCUT2D eigenvalue weighted by atomic mass is 35.5. The summed E-state index contributed by atoms with van der Waals surface area (Å²) < 4.78 is 40.5. The number of benzene rings is 3. The molecule has 276 valence electrons. The summed E-state index contributed by atoms with van der Waals surface area (Å²) in [5.41, 5.74) is 12.6. The number of allylic oxidation sites excluding steroid dienone is 9. The monoisotopic (exact) mass is 741 g/mol. The molecule has 0 amide bonds. The summed E-state index contributed by atoms with van der Waals surface area (Å²) in [5, 5.41) is 0.897. The molecular formula is C44H52ClNO5S. The average molecular weight is 742 g/mol. The van der Waals surface area contributed by atoms with Gasteiger partial charge in [-0.05, 0) is 95.9 Å². The van der Waals surface area contributed by atoms with Crippen molar-refractivity contribution in [3.8, 4) is 0 Å². The number of ether oxygens (including phenoxy) is 2. The normalized spacial score (nSPS) is 19.4. The Hall–Kier alpha value is -3.72. The molecule has 0 saturated heterocycles. The van der Waals surface area contributed by atoms with Crippen LogP contribution in [0, 0.1) is 6.92 Å². The molecule has 1 N–H and O–H groups in total. The smallest absolute Gasteiger partial charge is 0.294 e. The maximum Gasteiger partial charge on any atom is 0.294 e. The van der Waals surface area contributed by atoms with Gasteiger partial charge in [-0.15, -0.1) is 0 Å². The van der Waals surface area contributed by atoms with Gasteiger partial charge in [-0.3, -0.25) is 4.55 Å². The highest BCUT2D eigenvalue weighted by Gasteiger charge is 2.39. The molecule has 2 aliphatic carbocycles. The van der Waals surface area contributed by atoms with Gasteiger partial charge in [0.1, 0.15) is 0 Å². The summed E-state index contributed by atoms with van der Waals surface area (Å²) >= 11 is 7.14. The van der Waals surface area contributed by atoms with Crippen molar-refractivity contribution >= 4 is 33.0 Å². The van der Waals surface area contributed by atoms with E-state index in [2.05, 4.69) is 105 Å². The van der Waals surface area contributed by atoms with Gasteiger partial charge in [0, 0.05) is 48.0 Å². The molecule has 3 aliphatic rings. The lowest BCUT2D eigenvalue weighted by molar-refractivity contribution is 0.206. The van der Waals surface area contributed by atoms with Crippen LogP contribution in [0.25, 0.3) is 5.57 Å². The Kier molecular flexibility index (Phi) is 12.5. The van der Waals surface area contributed by atoms with E-state index in [1.807, 2.05) is 6.92 Å². The van der Waals surface area contributed by atoms with E-state index in [1.165, 1.54) is 62.5 Å². The lowest BCUT2D eigenvalue weighted by Crippen LogP contribution is -2.28. The van der Waals surface area contributed by atoms with Gasteiger partial charge in [-0.1, -0.05) is 118 Å². The highest BCUT2D eigenvalue weighted by molar-refractivity contribution is 7.85. The molecule has 6 nitrogen and oxygen atoms in total. The number of hydrogen-bond donors (Lipinski definition) is 1. The van der Waals surface area contributed by atoms with Gasteiger partial charge in [-0.2, -0.15) is 8.42 Å². The molecule has 0 saturated carbocycles. The van der Waals surface area contributed by atoms with Gasteiger partial charge >= 0.3 is 0 Å². The van der Waals surface area contributed by atoms with Crippen molar-refractivity contribution in [2.45, 2.75) is 76.0 Å². The Morgan fingerprint density at radius 2 is 1.48 bits per heavy atom. The third kappa shape index (κ3) is 8.40. The summed E-state index contributed by atoms with van der Waals surface area (Å²) in [5.74, 6) is 0. The molecule has 6 rings (SSSR count). The Morgan fingerprint density at radius 3 is 2.15 bits per heavy atom. The Morgan fingerprint density at radius 1 is 0.827 bits per heavy atom. The molecular weight excluding hydrogens is 690 g/mol. The molecule has 0 spiro atoms. The molecule has 52 heavy (non-hydrogen) atoms. The second kappa shape index (κ2) is 16.5. The van der Waals surface area contributed by atoms with Crippen LogP contribution in [0.2, 0.25) is 0 Å². The fourth-order valence-corrected chi connectivity index (χ4v) is 8.38. The van der Waals surface area contributed by atoms with E-state index >= 15 is 0 Å². The number of anilines is 1. The van der Waals surface area contributed by atoms with Crippen LogP contribution in [0.5, 0.6) is 0 Å². The quantitative estimate of drug-likeness (QED) is 0.209. The Labute approximate surface area is 315 Å². The lowest BCUT2D eigenvalue weighted by atomic mass is 9.80. The summed E-state index contributed by atoms with van der Waals surface area (Å²) in [6.45, 7) is 13.3. The summed E-state index contributed by atoms with van der Waals surface area (Å²) in [4.78, 5) is 2.34. The maximum absolute atomic E-state index is 10.5. The Balaban J connectivity index is 0.000000407. The predicted octanol–water partition coefficient (Wildman–Crippen LogP) is 10.5. The van der Waals surface area contributed by atoms with Crippen molar-refractivity contribution in [1.82, 2.24) is 0 Å². The number of halogens is 1. The van der Waals surface area contributed by atoms with Crippen LogP contribution >= 0.6 is 11.6 Å². The van der Waals surface area contributed by atoms with Crippen LogP contribution in [-0.2, 0) is 30.4 Å². The van der Waals surface area contributed by atoms with Crippen LogP contribution < -0.4 is 4.90 Å². The molecule has 0 bridgehead atoms. The first-order valence-electron chi connectivity index (χ1n) is 17.9. The van der Waals surface area contributed by atoms with Crippen molar-refractivity contribution in [1.29, 1.82) is 0 Å². The minimum atomic E-state index is -4.02. The standard InChI is InChI=1S/C37H44ClNO2.C7H8O3S/c1-36(2)30-15-8-7-14-28(30)29(22-24-40-5)31(36)20-18-26-12-11-13-27(35(26)38)19-21-34-37(3,4)32-16-9-10-17-33(32)39(34)23-25-41-6;1-6-2-4-7(5-3-6)11(8,9)10/h7-10,14-21H,11-13,22-25H2,1-6H3;2-5H,1H3,(H,8,9,10)/b20-18+,27-19?,34-21+;. The number of rotatable bonds is 10. The zero-order valence-corrected chi connectivity index (χ0v) is 33.1. The topological polar surface area (TPSA) is 76.1 Å². The van der Waals surface area contributed by atoms with Crippen molar-refractivity contribution in [2.24, 2.45) is 0 Å². The molecule has 0 fully saturated rings. The zero-order valence-electron chi connectivity index (χ0n) is 31.5. The highest BCUT2D eigenvalue weighted by Crippen LogP contribution is 2.49. The van der Waals surface area contributed by atoms with E-state index in [0.29, 0.717) is 13.2 Å². The van der Waals surface area contributed by atoms with E-state index in [4.69, 9.17) is 25.6 Å². The van der Waals surface area contributed by atoms with Gasteiger partial charge in [0.15, 0.2) is 0 Å². The zero-order chi connectivity index (χ0) is 37.7. The largest absolute Gasteiger partial charge is 0.384 e. The molecule has 0 unspecified atom stereocenters.